The van der Waals surface area contributed by atoms with Crippen molar-refractivity contribution in [2.24, 2.45) is 0 Å². The third-order valence-electron chi connectivity index (χ3n) is 2.74. The predicted molar refractivity (Wildman–Crippen MR) is 76.3 cm³/mol. The first-order chi connectivity index (χ1) is 7.66. The van der Waals surface area contributed by atoms with Crippen LogP contribution in [0.1, 0.15) is 11.1 Å². The number of benzene rings is 2. The van der Waals surface area contributed by atoms with Crippen LogP contribution in [0.5, 0.6) is 0 Å². The second-order valence-electron chi connectivity index (χ2n) is 4.18. The molecule has 2 aromatic carbocycles. The van der Waals surface area contributed by atoms with E-state index in [1.54, 1.807) is 0 Å². The highest BCUT2D eigenvalue weighted by atomic mass is 79.9. The smallest absolute Gasteiger partial charge is 0.201 e. The topological polar surface area (TPSA) is 0 Å². The van der Waals surface area contributed by atoms with Gasteiger partial charge in [0.2, 0.25) is 0 Å². The fourth-order valence-electron chi connectivity index (χ4n) is 1.66. The van der Waals surface area contributed by atoms with Crippen molar-refractivity contribution in [3.05, 3.63) is 59.7 Å². The minimum atomic E-state index is -1.15. The molecule has 0 radical (unpaired) electrons. The zero-order chi connectivity index (χ0) is 11.5. The molecule has 2 rings (SSSR count). The van der Waals surface area contributed by atoms with E-state index in [0.717, 1.165) is 0 Å². The number of rotatable bonds is 2. The molecule has 80 valence electrons. The first-order valence-electron chi connectivity index (χ1n) is 5.44. The van der Waals surface area contributed by atoms with Crippen LogP contribution in [0.15, 0.2) is 48.5 Å². The summed E-state index contributed by atoms with van der Waals surface area (Å²) >= 11 is 2.73. The van der Waals surface area contributed by atoms with E-state index in [2.05, 4.69) is 76.4 Å². The second kappa shape index (κ2) is 5.19. The Balaban J connectivity index is 2.28. The standard InChI is InChI=1S/2C7H7.Al.BrH/c2*1-7-5-3-2-4-6-7;;/h2*3-6H,1H3;;1H/q;;+1;/p-1. The van der Waals surface area contributed by atoms with Crippen molar-refractivity contribution in [3.63, 3.8) is 0 Å². The van der Waals surface area contributed by atoms with Crippen molar-refractivity contribution < 1.29 is 0 Å². The summed E-state index contributed by atoms with van der Waals surface area (Å²) in [6.07, 6.45) is 0. The molecule has 0 amide bonds. The summed E-state index contributed by atoms with van der Waals surface area (Å²) in [6.45, 7) is 4.25. The quantitative estimate of drug-likeness (QED) is 0.746. The third-order valence-corrected chi connectivity index (χ3v) is 7.85. The molecule has 0 bridgehead atoms. The maximum absolute atomic E-state index is 3.88. The number of hydrogen-bond acceptors (Lipinski definition) is 0. The van der Waals surface area contributed by atoms with Crippen LogP contribution < -0.4 is 8.85 Å². The van der Waals surface area contributed by atoms with Crippen LogP contribution >= 0.6 is 14.1 Å². The molecular formula is C14H14AlBr. The molecule has 0 unspecified atom stereocenters. The molecular weight excluding hydrogens is 275 g/mol. The lowest BCUT2D eigenvalue weighted by atomic mass is 10.2. The van der Waals surface area contributed by atoms with E-state index >= 15 is 0 Å². The summed E-state index contributed by atoms with van der Waals surface area (Å²) in [5, 5.41) is 0. The van der Waals surface area contributed by atoms with Gasteiger partial charge < -0.3 is 0 Å². The summed E-state index contributed by atoms with van der Waals surface area (Å²) in [6, 6.07) is 17.7. The van der Waals surface area contributed by atoms with Crippen molar-refractivity contribution >= 4 is 35.2 Å². The SMILES string of the molecule is Cc1cc[c]([Al]([Br])[c]2ccc(C)cc2)cc1. The molecule has 2 heteroatoms. The van der Waals surface area contributed by atoms with Crippen LogP contribution in [0, 0.1) is 13.8 Å². The van der Waals surface area contributed by atoms with E-state index in [4.69, 9.17) is 0 Å². The number of aryl methyl sites for hydroxylation is 2. The number of halogens is 1. The van der Waals surface area contributed by atoms with Gasteiger partial charge in [0.25, 0.3) is 0 Å². The zero-order valence-electron chi connectivity index (χ0n) is 9.57. The molecule has 0 saturated carbocycles. The van der Waals surface area contributed by atoms with E-state index in [9.17, 15) is 0 Å². The van der Waals surface area contributed by atoms with Crippen molar-refractivity contribution in [2.75, 3.05) is 0 Å². The maximum Gasteiger partial charge on any atom is 0.440 e. The van der Waals surface area contributed by atoms with Crippen molar-refractivity contribution in [3.8, 4) is 0 Å². The predicted octanol–water partition coefficient (Wildman–Crippen LogP) is 2.80. The molecule has 0 saturated heterocycles. The Morgan fingerprint density at radius 3 is 1.31 bits per heavy atom. The van der Waals surface area contributed by atoms with Gasteiger partial charge in [0.05, 0.1) is 0 Å². The number of hydrogen-bond donors (Lipinski definition) is 0. The van der Waals surface area contributed by atoms with Crippen LogP contribution in [0.25, 0.3) is 0 Å². The monoisotopic (exact) mass is 288 g/mol. The Hall–Kier alpha value is -0.548. The van der Waals surface area contributed by atoms with E-state index in [1.807, 2.05) is 0 Å². The fourth-order valence-corrected chi connectivity index (χ4v) is 4.94. The highest BCUT2D eigenvalue weighted by Crippen LogP contribution is 2.02. The minimum Gasteiger partial charge on any atom is -0.201 e. The Labute approximate surface area is 108 Å². The van der Waals surface area contributed by atoms with E-state index in [-0.39, 0.29) is 0 Å². The van der Waals surface area contributed by atoms with Crippen LogP contribution in [0.3, 0.4) is 0 Å². The Bertz CT molecular complexity index is 414. The lowest BCUT2D eigenvalue weighted by Crippen LogP contribution is -2.36. The molecule has 0 atom stereocenters. The van der Waals surface area contributed by atoms with Gasteiger partial charge in [-0.2, -0.15) is 0 Å². The summed E-state index contributed by atoms with van der Waals surface area (Å²) in [4.78, 5) is 0. The lowest BCUT2D eigenvalue weighted by molar-refractivity contribution is 1.48. The van der Waals surface area contributed by atoms with Gasteiger partial charge in [-0.3, -0.25) is 0 Å². The summed E-state index contributed by atoms with van der Waals surface area (Å²) < 4.78 is 2.88. The summed E-state index contributed by atoms with van der Waals surface area (Å²) in [5.41, 5.74) is 2.64. The minimum absolute atomic E-state index is 1.15. The zero-order valence-corrected chi connectivity index (χ0v) is 12.3. The Morgan fingerprint density at radius 1 is 0.688 bits per heavy atom. The van der Waals surface area contributed by atoms with Gasteiger partial charge >= 0.3 is 12.3 Å². The van der Waals surface area contributed by atoms with E-state index in [0.29, 0.717) is 0 Å². The average molecular weight is 289 g/mol. The second-order valence-corrected chi connectivity index (χ2v) is 8.99. The molecule has 0 heterocycles. The molecule has 0 aromatic heterocycles. The normalized spacial score (nSPS) is 10.2. The van der Waals surface area contributed by atoms with Crippen LogP contribution in [-0.4, -0.2) is 12.3 Å². The highest BCUT2D eigenvalue weighted by Gasteiger charge is 2.18. The van der Waals surface area contributed by atoms with Gasteiger partial charge in [-0.05, 0) is 13.8 Å². The van der Waals surface area contributed by atoms with Gasteiger partial charge in [-0.1, -0.05) is 68.5 Å². The van der Waals surface area contributed by atoms with Gasteiger partial charge in [-0.15, -0.1) is 0 Å². The molecule has 0 aliphatic carbocycles. The fraction of sp³-hybridized carbons (Fsp3) is 0.143. The first kappa shape index (κ1) is 11.9. The molecule has 0 aliphatic heterocycles. The van der Waals surface area contributed by atoms with Crippen molar-refractivity contribution in [1.29, 1.82) is 0 Å². The van der Waals surface area contributed by atoms with Crippen LogP contribution in [0.4, 0.5) is 0 Å². The first-order valence-corrected chi connectivity index (χ1v) is 9.78. The molecule has 0 fully saturated rings. The molecule has 16 heavy (non-hydrogen) atoms. The van der Waals surface area contributed by atoms with Gasteiger partial charge in [0, 0.05) is 0 Å². The maximum atomic E-state index is 3.88. The van der Waals surface area contributed by atoms with E-state index < -0.39 is 12.3 Å². The largest absolute Gasteiger partial charge is 0.440 e. The Morgan fingerprint density at radius 2 is 1.00 bits per heavy atom. The molecule has 2 aromatic rings. The van der Waals surface area contributed by atoms with Crippen molar-refractivity contribution in [1.82, 2.24) is 0 Å². The van der Waals surface area contributed by atoms with Gasteiger partial charge in [0.15, 0.2) is 0 Å². The lowest BCUT2D eigenvalue weighted by Gasteiger charge is -2.06. The summed E-state index contributed by atoms with van der Waals surface area (Å²) in [5.74, 6) is 0. The molecule has 0 spiro atoms. The molecule has 0 nitrogen and oxygen atoms in total. The van der Waals surface area contributed by atoms with Crippen molar-refractivity contribution in [2.45, 2.75) is 13.8 Å². The van der Waals surface area contributed by atoms with Gasteiger partial charge in [0.1, 0.15) is 0 Å². The van der Waals surface area contributed by atoms with Gasteiger partial charge in [-0.25, -0.2) is 14.1 Å². The van der Waals surface area contributed by atoms with Crippen LogP contribution in [-0.2, 0) is 0 Å². The summed E-state index contributed by atoms with van der Waals surface area (Å²) in [7, 11) is 0. The van der Waals surface area contributed by atoms with Crippen LogP contribution in [0.2, 0.25) is 0 Å². The van der Waals surface area contributed by atoms with E-state index in [1.165, 1.54) is 20.0 Å². The molecule has 0 N–H and O–H groups in total. The average Bonchev–Trinajstić information content (AvgIpc) is 2.30. The molecule has 0 aliphatic rings. The third kappa shape index (κ3) is 2.77. The highest BCUT2D eigenvalue weighted by molar-refractivity contribution is 9.25. The Kier molecular flexibility index (Phi) is 3.87.